The van der Waals surface area contributed by atoms with Gasteiger partial charge >= 0.3 is 0 Å². The lowest BCUT2D eigenvalue weighted by molar-refractivity contribution is -0.112. The summed E-state index contributed by atoms with van der Waals surface area (Å²) in [5, 5.41) is 0.566. The number of fused-ring (bicyclic) bond motifs is 2. The molecule has 0 bridgehead atoms. The van der Waals surface area contributed by atoms with Crippen molar-refractivity contribution in [3.05, 3.63) is 53.2 Å². The number of nitrogen functional groups attached to an aromatic ring is 1. The molecule has 2 aromatic carbocycles. The normalized spacial score (nSPS) is 18.8. The number of anilines is 1. The van der Waals surface area contributed by atoms with Crippen molar-refractivity contribution in [1.29, 1.82) is 0 Å². The Bertz CT molecular complexity index is 1160. The highest BCUT2D eigenvalue weighted by atomic mass is 19.1. The van der Waals surface area contributed by atoms with Crippen LogP contribution in [0.4, 0.5) is 14.5 Å². The van der Waals surface area contributed by atoms with Gasteiger partial charge in [0.1, 0.15) is 23.7 Å². The van der Waals surface area contributed by atoms with Crippen molar-refractivity contribution in [1.82, 2.24) is 9.88 Å². The molecule has 0 spiro atoms. The maximum Gasteiger partial charge on any atom is 0.141 e. The molecule has 1 aliphatic heterocycles. The number of pyridine rings is 1. The Balaban J connectivity index is 1.78. The molecule has 1 aromatic heterocycles. The zero-order valence-electron chi connectivity index (χ0n) is 15.8. The van der Waals surface area contributed by atoms with E-state index in [-0.39, 0.29) is 11.3 Å². The molecule has 3 aromatic rings. The molecule has 2 aliphatic rings. The number of ether oxygens (including phenoxy) is 1. The maximum atomic E-state index is 15.0. The van der Waals surface area contributed by atoms with Crippen LogP contribution in [0.25, 0.3) is 22.0 Å². The van der Waals surface area contributed by atoms with Crippen molar-refractivity contribution < 1.29 is 18.3 Å². The average molecular weight is 395 g/mol. The number of rotatable bonds is 4. The fourth-order valence-electron chi connectivity index (χ4n) is 4.32. The van der Waals surface area contributed by atoms with E-state index in [1.807, 2.05) is 0 Å². The van der Waals surface area contributed by atoms with Gasteiger partial charge in [-0.2, -0.15) is 0 Å². The smallest absolute Gasteiger partial charge is 0.141 e. The lowest BCUT2D eigenvalue weighted by atomic mass is 9.96. The van der Waals surface area contributed by atoms with Gasteiger partial charge < -0.3 is 15.3 Å². The first-order valence-electron chi connectivity index (χ1n) is 9.49. The van der Waals surface area contributed by atoms with Crippen molar-refractivity contribution in [3.8, 4) is 16.9 Å². The number of carbonyl (C=O) groups excluding carboxylic acids is 1. The van der Waals surface area contributed by atoms with Gasteiger partial charge in [-0.1, -0.05) is 0 Å². The molecule has 1 fully saturated rings. The van der Waals surface area contributed by atoms with Gasteiger partial charge in [0.15, 0.2) is 0 Å². The van der Waals surface area contributed by atoms with Crippen LogP contribution in [0.15, 0.2) is 30.3 Å². The first-order valence-corrected chi connectivity index (χ1v) is 9.49. The summed E-state index contributed by atoms with van der Waals surface area (Å²) < 4.78 is 33.9. The van der Waals surface area contributed by atoms with E-state index in [2.05, 4.69) is 4.90 Å². The summed E-state index contributed by atoms with van der Waals surface area (Å²) in [6.45, 7) is 0.500. The molecule has 0 saturated heterocycles. The third-order valence-corrected chi connectivity index (χ3v) is 5.83. The van der Waals surface area contributed by atoms with E-state index in [9.17, 15) is 13.6 Å². The van der Waals surface area contributed by atoms with E-state index in [1.165, 1.54) is 31.4 Å². The van der Waals surface area contributed by atoms with Crippen molar-refractivity contribution in [2.24, 2.45) is 0 Å². The highest BCUT2D eigenvalue weighted by Gasteiger charge is 2.42. The second kappa shape index (κ2) is 6.49. The number of benzene rings is 2. The molecule has 148 valence electrons. The molecule has 5 nitrogen and oxygen atoms in total. The quantitative estimate of drug-likeness (QED) is 0.677. The van der Waals surface area contributed by atoms with Crippen LogP contribution >= 0.6 is 0 Å². The SMILES string of the molecule is COc1cc(F)ccc1-c1c(F)ccc2c(N)c3c(nc12)CN(C1CC1)C3C=O. The second-order valence-corrected chi connectivity index (χ2v) is 7.53. The highest BCUT2D eigenvalue weighted by Crippen LogP contribution is 2.46. The maximum absolute atomic E-state index is 15.0. The van der Waals surface area contributed by atoms with Crippen molar-refractivity contribution in [3.63, 3.8) is 0 Å². The summed E-state index contributed by atoms with van der Waals surface area (Å²) in [6, 6.07) is 6.76. The van der Waals surface area contributed by atoms with Gasteiger partial charge in [0.2, 0.25) is 0 Å². The fraction of sp³-hybridized carbons (Fsp3) is 0.273. The molecule has 7 heteroatoms. The Morgan fingerprint density at radius 3 is 2.72 bits per heavy atom. The molecule has 0 amide bonds. The molecule has 2 N–H and O–H groups in total. The van der Waals surface area contributed by atoms with Gasteiger partial charge in [0, 0.05) is 46.4 Å². The van der Waals surface area contributed by atoms with Gasteiger partial charge in [0.25, 0.3) is 0 Å². The molecule has 1 atom stereocenters. The predicted molar refractivity (Wildman–Crippen MR) is 105 cm³/mol. The van der Waals surface area contributed by atoms with E-state index in [0.717, 1.165) is 19.1 Å². The zero-order chi connectivity index (χ0) is 20.3. The Morgan fingerprint density at radius 1 is 1.24 bits per heavy atom. The van der Waals surface area contributed by atoms with Crippen molar-refractivity contribution in [2.75, 3.05) is 12.8 Å². The summed E-state index contributed by atoms with van der Waals surface area (Å²) in [5.74, 6) is -0.769. The van der Waals surface area contributed by atoms with Gasteiger partial charge in [-0.05, 0) is 37.1 Å². The molecular weight excluding hydrogens is 376 g/mol. The second-order valence-electron chi connectivity index (χ2n) is 7.53. The van der Waals surface area contributed by atoms with Crippen LogP contribution in [0.1, 0.15) is 30.1 Å². The number of methoxy groups -OCH3 is 1. The molecule has 29 heavy (non-hydrogen) atoms. The summed E-state index contributed by atoms with van der Waals surface area (Å²) >= 11 is 0. The minimum absolute atomic E-state index is 0.210. The number of aromatic nitrogens is 1. The topological polar surface area (TPSA) is 68.5 Å². The van der Waals surface area contributed by atoms with Crippen LogP contribution in [0.3, 0.4) is 0 Å². The minimum atomic E-state index is -0.502. The van der Waals surface area contributed by atoms with E-state index in [1.54, 1.807) is 6.07 Å². The first kappa shape index (κ1) is 18.0. The van der Waals surface area contributed by atoms with Crippen molar-refractivity contribution >= 4 is 22.9 Å². The molecule has 0 radical (unpaired) electrons. The van der Waals surface area contributed by atoms with Crippen LogP contribution in [-0.4, -0.2) is 29.3 Å². The van der Waals surface area contributed by atoms with Gasteiger partial charge in [0.05, 0.1) is 24.4 Å². The number of hydrogen-bond acceptors (Lipinski definition) is 5. The van der Waals surface area contributed by atoms with Crippen LogP contribution in [0.5, 0.6) is 5.75 Å². The zero-order valence-corrected chi connectivity index (χ0v) is 15.8. The minimum Gasteiger partial charge on any atom is -0.496 e. The molecular formula is C22H19F2N3O2. The third-order valence-electron chi connectivity index (χ3n) is 5.83. The van der Waals surface area contributed by atoms with E-state index < -0.39 is 17.7 Å². The lowest BCUT2D eigenvalue weighted by Gasteiger charge is -2.20. The number of carbonyl (C=O) groups is 1. The lowest BCUT2D eigenvalue weighted by Crippen LogP contribution is -2.25. The molecule has 1 unspecified atom stereocenters. The van der Waals surface area contributed by atoms with Crippen LogP contribution in [0.2, 0.25) is 0 Å². The molecule has 5 rings (SSSR count). The largest absolute Gasteiger partial charge is 0.496 e. The van der Waals surface area contributed by atoms with Crippen LogP contribution < -0.4 is 10.5 Å². The van der Waals surface area contributed by atoms with E-state index >= 15 is 0 Å². The summed E-state index contributed by atoms with van der Waals surface area (Å²) in [4.78, 5) is 18.7. The molecule has 1 saturated carbocycles. The van der Waals surface area contributed by atoms with Crippen LogP contribution in [-0.2, 0) is 11.3 Å². The summed E-state index contributed by atoms with van der Waals surface area (Å²) in [6.07, 6.45) is 3.00. The molecule has 1 aliphatic carbocycles. The Hall–Kier alpha value is -3.06. The summed E-state index contributed by atoms with van der Waals surface area (Å²) in [7, 11) is 1.41. The number of nitrogens with zero attached hydrogens (tertiary/aromatic N) is 2. The number of nitrogens with two attached hydrogens (primary N) is 1. The highest BCUT2D eigenvalue weighted by molar-refractivity contribution is 6.03. The average Bonchev–Trinajstić information content (AvgIpc) is 3.49. The Labute approximate surface area is 166 Å². The third kappa shape index (κ3) is 2.68. The molecule has 2 heterocycles. The Kier molecular flexibility index (Phi) is 4.03. The fourth-order valence-corrected chi connectivity index (χ4v) is 4.32. The number of aldehydes is 1. The number of hydrogen-bond donors (Lipinski definition) is 1. The van der Waals surface area contributed by atoms with Gasteiger partial charge in [-0.3, -0.25) is 9.88 Å². The van der Waals surface area contributed by atoms with Crippen molar-refractivity contribution in [2.45, 2.75) is 31.5 Å². The monoisotopic (exact) mass is 395 g/mol. The van der Waals surface area contributed by atoms with Crippen LogP contribution in [0, 0.1) is 11.6 Å². The first-order chi connectivity index (χ1) is 14.0. The van der Waals surface area contributed by atoms with Gasteiger partial charge in [-0.25, -0.2) is 8.78 Å². The van der Waals surface area contributed by atoms with Gasteiger partial charge in [-0.15, -0.1) is 0 Å². The van der Waals surface area contributed by atoms with E-state index in [4.69, 9.17) is 15.5 Å². The van der Waals surface area contributed by atoms with E-state index in [0.29, 0.717) is 46.0 Å². The Morgan fingerprint density at radius 2 is 2.03 bits per heavy atom. The predicted octanol–water partition coefficient (Wildman–Crippen LogP) is 3.99. The number of halogens is 2. The standard InChI is InChI=1S/C22H19F2N3O2/c1-29-18-8-11(23)2-5-13(18)19-15(24)7-6-14-21(25)20-16(26-22(14)19)9-27(12-3-4-12)17(20)10-28/h2,5-8,10,12,17H,3-4,9H2,1H3,(H2,25,26). The summed E-state index contributed by atoms with van der Waals surface area (Å²) in [5.41, 5.74) is 9.30.